The predicted molar refractivity (Wildman–Crippen MR) is 185 cm³/mol. The van der Waals surface area contributed by atoms with Crippen molar-refractivity contribution in [3.63, 3.8) is 0 Å². The van der Waals surface area contributed by atoms with Crippen LogP contribution in [0.4, 0.5) is 15.7 Å². The monoisotopic (exact) mass is 659 g/mol. The van der Waals surface area contributed by atoms with Gasteiger partial charge in [0.25, 0.3) is 5.96 Å². The van der Waals surface area contributed by atoms with Gasteiger partial charge in [0, 0.05) is 24.3 Å². The van der Waals surface area contributed by atoms with Crippen LogP contribution in [0.2, 0.25) is 5.02 Å². The van der Waals surface area contributed by atoms with E-state index >= 15 is 0 Å². The van der Waals surface area contributed by atoms with Crippen LogP contribution in [-0.4, -0.2) is 61.7 Å². The van der Waals surface area contributed by atoms with E-state index in [1.807, 2.05) is 26.0 Å². The fourth-order valence-corrected chi connectivity index (χ4v) is 7.24. The maximum atomic E-state index is 13.0. The van der Waals surface area contributed by atoms with Gasteiger partial charge in [-0.15, -0.1) is 0 Å². The Hall–Kier alpha value is -3.22. The minimum Gasteiger partial charge on any atom is -0.496 e. The Labute approximate surface area is 270 Å². The van der Waals surface area contributed by atoms with Crippen LogP contribution < -0.4 is 14.4 Å². The van der Waals surface area contributed by atoms with Crippen LogP contribution in [0.25, 0.3) is 0 Å². The molecule has 1 aliphatic rings. The number of amidine groups is 1. The highest BCUT2D eigenvalue weighted by molar-refractivity contribution is 7.92. The Balaban J connectivity index is 1.70. The molecular weight excluding hydrogens is 618 g/mol. The van der Waals surface area contributed by atoms with Crippen LogP contribution in [0, 0.1) is 13.8 Å². The van der Waals surface area contributed by atoms with Gasteiger partial charge in [0.05, 0.1) is 34.3 Å². The molecule has 0 unspecified atom stereocenters. The third-order valence-electron chi connectivity index (χ3n) is 7.39. The second-order valence-electron chi connectivity index (χ2n) is 10.6. The fraction of sp³-hybridized carbons (Fsp3) is 0.484. The average Bonchev–Trinajstić information content (AvgIpc) is 3.70. The number of methoxy groups -OCH3 is 1. The zero-order valence-corrected chi connectivity index (χ0v) is 28.7. The molecule has 0 atom stereocenters. The van der Waals surface area contributed by atoms with E-state index in [1.165, 1.54) is 6.42 Å². The summed E-state index contributed by atoms with van der Waals surface area (Å²) in [5.74, 6) is 1.24. The summed E-state index contributed by atoms with van der Waals surface area (Å²) < 4.78 is 35.9. The fourth-order valence-electron chi connectivity index (χ4n) is 4.94. The van der Waals surface area contributed by atoms with E-state index < -0.39 is 10.0 Å². The van der Waals surface area contributed by atoms with Gasteiger partial charge in [0.1, 0.15) is 16.5 Å². The van der Waals surface area contributed by atoms with Crippen LogP contribution in [0.15, 0.2) is 45.3 Å². The van der Waals surface area contributed by atoms with Crippen molar-refractivity contribution in [2.45, 2.75) is 73.1 Å². The molecule has 3 heterocycles. The van der Waals surface area contributed by atoms with Crippen molar-refractivity contribution in [3.05, 3.63) is 52.3 Å². The number of ether oxygens (including phenoxy) is 1. The molecule has 1 aromatic carbocycles. The van der Waals surface area contributed by atoms with Gasteiger partial charge in [-0.1, -0.05) is 62.0 Å². The minimum atomic E-state index is -3.54. The van der Waals surface area contributed by atoms with Crippen molar-refractivity contribution in [2.75, 3.05) is 35.6 Å². The van der Waals surface area contributed by atoms with E-state index in [9.17, 15) is 8.42 Å². The zero-order chi connectivity index (χ0) is 31.9. The Bertz CT molecular complexity index is 1650. The molecule has 0 saturated carbocycles. The summed E-state index contributed by atoms with van der Waals surface area (Å²) in [5, 5.41) is 6.95. The molecule has 0 aliphatic carbocycles. The smallest absolute Gasteiger partial charge is 0.253 e. The van der Waals surface area contributed by atoms with Crippen LogP contribution in [0.5, 0.6) is 5.75 Å². The lowest BCUT2D eigenvalue weighted by Crippen LogP contribution is -2.20. The number of hydrogen-bond acceptors (Lipinski definition) is 8. The number of rotatable bonds is 15. The first-order valence-electron chi connectivity index (χ1n) is 15.1. The molecule has 0 radical (unpaired) electrons. The number of anilines is 2. The lowest BCUT2D eigenvalue weighted by atomic mass is 10.1. The number of unbranched alkanes of at least 4 members (excludes halogenated alkanes) is 5. The highest BCUT2D eigenvalue weighted by atomic mass is 35.5. The summed E-state index contributed by atoms with van der Waals surface area (Å²) in [6.07, 6.45) is 6.01. The molecule has 0 fully saturated rings. The number of thiophene rings is 1. The standard InChI is InChI=1S/C31H42ClN7O3S2/c1-7-10-11-12-13-14-19-44(40,41)37-23-15-16-25(42-6)24(20-23)29-30(33-26-17-18-27(43-26)38(8-2)9-3)35-31(34-29)39-22(5)28(32)21(4)36-39/h15-18,20,37H,7-14,19H2,1-6H3. The number of sulfonamides is 1. The number of nitrogens with one attached hydrogen (secondary N) is 1. The molecule has 0 spiro atoms. The van der Waals surface area contributed by atoms with Crippen molar-refractivity contribution >= 4 is 66.2 Å². The Kier molecular flexibility index (Phi) is 11.6. The summed E-state index contributed by atoms with van der Waals surface area (Å²) in [7, 11) is -1.98. The van der Waals surface area contributed by atoms with Gasteiger partial charge in [-0.25, -0.2) is 23.1 Å². The van der Waals surface area contributed by atoms with Crippen molar-refractivity contribution in [1.29, 1.82) is 0 Å². The van der Waals surface area contributed by atoms with E-state index in [2.05, 4.69) is 35.5 Å². The summed E-state index contributed by atoms with van der Waals surface area (Å²) in [5.41, 5.74) is 2.77. The summed E-state index contributed by atoms with van der Waals surface area (Å²) >= 11 is 8.01. The summed E-state index contributed by atoms with van der Waals surface area (Å²) in [6, 6.07) is 9.13. The number of hydrogen-bond donors (Lipinski definition) is 1. The quantitative estimate of drug-likeness (QED) is 0.169. The average molecular weight is 660 g/mol. The zero-order valence-electron chi connectivity index (χ0n) is 26.4. The molecule has 4 rings (SSSR count). The maximum absolute atomic E-state index is 13.0. The second kappa shape index (κ2) is 15.2. The molecule has 3 aromatic rings. The van der Waals surface area contributed by atoms with Crippen LogP contribution in [0.1, 0.15) is 76.2 Å². The molecule has 44 heavy (non-hydrogen) atoms. The van der Waals surface area contributed by atoms with E-state index in [0.717, 1.165) is 48.8 Å². The molecule has 238 valence electrons. The molecular formula is C31H42ClN7O3S2. The number of aromatic nitrogens is 2. The SMILES string of the molecule is CCCCCCCCS(=O)(=O)Nc1ccc(OC)c(C2=NC(n3nc(C)c(Cl)c3C)=NC2=Nc2ccc(N(CC)CC)s2)c1. The third kappa shape index (κ3) is 8.08. The normalized spacial score (nSPS) is 14.2. The van der Waals surface area contributed by atoms with E-state index in [-0.39, 0.29) is 5.75 Å². The lowest BCUT2D eigenvalue weighted by Gasteiger charge is -2.17. The second-order valence-corrected chi connectivity index (χ2v) is 13.9. The first kappa shape index (κ1) is 33.7. The molecule has 0 amide bonds. The van der Waals surface area contributed by atoms with Crippen LogP contribution >= 0.6 is 22.9 Å². The number of halogens is 1. The van der Waals surface area contributed by atoms with Gasteiger partial charge in [-0.2, -0.15) is 10.1 Å². The number of nitrogens with zero attached hydrogens (tertiary/aromatic N) is 6. The number of aryl methyl sites for hydroxylation is 1. The summed E-state index contributed by atoms with van der Waals surface area (Å²) in [4.78, 5) is 16.8. The van der Waals surface area contributed by atoms with Crippen molar-refractivity contribution < 1.29 is 13.2 Å². The molecule has 2 aromatic heterocycles. The number of benzene rings is 1. The van der Waals surface area contributed by atoms with Gasteiger partial charge in [0.2, 0.25) is 10.0 Å². The first-order chi connectivity index (χ1) is 21.1. The van der Waals surface area contributed by atoms with Gasteiger partial charge in [-0.3, -0.25) is 4.72 Å². The molecule has 1 aliphatic heterocycles. The lowest BCUT2D eigenvalue weighted by molar-refractivity contribution is 0.414. The Morgan fingerprint density at radius 1 is 1.02 bits per heavy atom. The van der Waals surface area contributed by atoms with Crippen LogP contribution in [0.3, 0.4) is 0 Å². The van der Waals surface area contributed by atoms with Crippen molar-refractivity contribution in [3.8, 4) is 5.75 Å². The van der Waals surface area contributed by atoms with Crippen molar-refractivity contribution in [1.82, 2.24) is 9.78 Å². The highest BCUT2D eigenvalue weighted by Crippen LogP contribution is 2.34. The maximum Gasteiger partial charge on any atom is 0.253 e. The Morgan fingerprint density at radius 2 is 1.75 bits per heavy atom. The van der Waals surface area contributed by atoms with Crippen LogP contribution in [-0.2, 0) is 10.0 Å². The first-order valence-corrected chi connectivity index (χ1v) is 18.0. The Morgan fingerprint density at radius 3 is 2.41 bits per heavy atom. The van der Waals surface area contributed by atoms with E-state index in [0.29, 0.717) is 57.3 Å². The van der Waals surface area contributed by atoms with Gasteiger partial charge >= 0.3 is 0 Å². The molecule has 0 saturated heterocycles. The van der Waals surface area contributed by atoms with E-state index in [1.54, 1.807) is 41.3 Å². The number of aliphatic imine (C=N–C) groups is 3. The molecule has 10 nitrogen and oxygen atoms in total. The van der Waals surface area contributed by atoms with E-state index in [4.69, 9.17) is 31.3 Å². The predicted octanol–water partition coefficient (Wildman–Crippen LogP) is 7.61. The minimum absolute atomic E-state index is 0.0628. The van der Waals surface area contributed by atoms with Gasteiger partial charge < -0.3 is 9.64 Å². The van der Waals surface area contributed by atoms with Crippen molar-refractivity contribution in [2.24, 2.45) is 15.0 Å². The summed E-state index contributed by atoms with van der Waals surface area (Å²) in [6.45, 7) is 11.9. The molecule has 0 bridgehead atoms. The third-order valence-corrected chi connectivity index (χ3v) is 10.3. The topological polar surface area (TPSA) is 114 Å². The highest BCUT2D eigenvalue weighted by Gasteiger charge is 2.27. The largest absolute Gasteiger partial charge is 0.496 e. The molecule has 13 heteroatoms. The molecule has 1 N–H and O–H groups in total. The van der Waals surface area contributed by atoms with Gasteiger partial charge in [-0.05, 0) is 64.4 Å². The van der Waals surface area contributed by atoms with Gasteiger partial charge in [0.15, 0.2) is 5.84 Å².